The summed E-state index contributed by atoms with van der Waals surface area (Å²) in [6, 6.07) is 7.13. The highest BCUT2D eigenvalue weighted by Crippen LogP contribution is 2.18. The molecule has 0 aliphatic carbocycles. The van der Waals surface area contributed by atoms with Crippen molar-refractivity contribution in [3.8, 4) is 6.07 Å². The Bertz CT molecular complexity index is 658. The molecule has 0 unspecified atom stereocenters. The Kier molecular flexibility index (Phi) is 3.48. The number of anilines is 1. The Morgan fingerprint density at radius 1 is 1.47 bits per heavy atom. The monoisotopic (exact) mass is 260 g/mol. The average molecular weight is 260 g/mol. The van der Waals surface area contributed by atoms with Crippen molar-refractivity contribution in [1.29, 1.82) is 5.26 Å². The first kappa shape index (κ1) is 12.6. The summed E-state index contributed by atoms with van der Waals surface area (Å²) in [5.74, 6) is -1.48. The van der Waals surface area contributed by atoms with Gasteiger partial charge in [0.05, 0.1) is 30.1 Å². The van der Waals surface area contributed by atoms with Crippen molar-refractivity contribution in [2.24, 2.45) is 0 Å². The quantitative estimate of drug-likeness (QED) is 0.882. The predicted octanol–water partition coefficient (Wildman–Crippen LogP) is 2.60. The van der Waals surface area contributed by atoms with Crippen LogP contribution in [0, 0.1) is 17.1 Å². The molecule has 1 heterocycles. The van der Waals surface area contributed by atoms with Crippen molar-refractivity contribution in [2.75, 3.05) is 5.32 Å². The summed E-state index contributed by atoms with van der Waals surface area (Å²) in [6.07, 6.45) is 1.26. The molecule has 0 aliphatic heterocycles. The Labute approximate surface area is 107 Å². The Morgan fingerprint density at radius 2 is 2.26 bits per heavy atom. The molecule has 2 rings (SSSR count). The molecule has 0 amide bonds. The summed E-state index contributed by atoms with van der Waals surface area (Å²) in [4.78, 5) is 10.8. The number of carboxylic acids is 1. The third kappa shape index (κ3) is 2.72. The van der Waals surface area contributed by atoms with Crippen LogP contribution in [0.2, 0.25) is 0 Å². The number of rotatable bonds is 4. The second kappa shape index (κ2) is 5.23. The van der Waals surface area contributed by atoms with Crippen LogP contribution in [-0.4, -0.2) is 11.1 Å². The number of nitrogens with zero attached hydrogens (tertiary/aromatic N) is 1. The summed E-state index contributed by atoms with van der Waals surface area (Å²) < 4.78 is 18.6. The van der Waals surface area contributed by atoms with E-state index in [0.29, 0.717) is 0 Å². The van der Waals surface area contributed by atoms with Crippen LogP contribution in [0.3, 0.4) is 0 Å². The van der Waals surface area contributed by atoms with Gasteiger partial charge in [0.2, 0.25) is 0 Å². The van der Waals surface area contributed by atoms with E-state index in [-0.39, 0.29) is 29.1 Å². The molecule has 0 saturated heterocycles. The first-order chi connectivity index (χ1) is 9.11. The van der Waals surface area contributed by atoms with Crippen LogP contribution in [0.5, 0.6) is 0 Å². The number of carboxylic acid groups (broad SMARTS) is 1. The van der Waals surface area contributed by atoms with E-state index in [1.165, 1.54) is 24.5 Å². The van der Waals surface area contributed by atoms with Crippen LogP contribution in [0.4, 0.5) is 10.1 Å². The zero-order chi connectivity index (χ0) is 13.8. The summed E-state index contributed by atoms with van der Waals surface area (Å²) in [7, 11) is 0. The van der Waals surface area contributed by atoms with Gasteiger partial charge >= 0.3 is 5.97 Å². The molecule has 2 N–H and O–H groups in total. The molecule has 1 aromatic heterocycles. The number of carbonyl (C=O) groups is 1. The first-order valence-corrected chi connectivity index (χ1v) is 5.35. The fourth-order valence-corrected chi connectivity index (χ4v) is 1.57. The molecule has 1 aromatic carbocycles. The molecule has 6 heteroatoms. The van der Waals surface area contributed by atoms with Gasteiger partial charge in [0.1, 0.15) is 17.1 Å². The van der Waals surface area contributed by atoms with E-state index in [4.69, 9.17) is 14.8 Å². The summed E-state index contributed by atoms with van der Waals surface area (Å²) in [5.41, 5.74) is 0.417. The fraction of sp³-hybridized carbons (Fsp3) is 0.0769. The van der Waals surface area contributed by atoms with Crippen molar-refractivity contribution in [1.82, 2.24) is 0 Å². The minimum absolute atomic E-state index is 0.0292. The second-order valence-corrected chi connectivity index (χ2v) is 3.72. The van der Waals surface area contributed by atoms with Gasteiger partial charge in [0, 0.05) is 0 Å². The predicted molar refractivity (Wildman–Crippen MR) is 64.1 cm³/mol. The van der Waals surface area contributed by atoms with Gasteiger partial charge in [-0.3, -0.25) is 0 Å². The molecule has 2 aromatic rings. The molecule has 0 saturated carbocycles. The van der Waals surface area contributed by atoms with Crippen LogP contribution in [-0.2, 0) is 6.54 Å². The highest BCUT2D eigenvalue weighted by molar-refractivity contribution is 5.88. The molecule has 96 valence electrons. The van der Waals surface area contributed by atoms with Gasteiger partial charge in [0.25, 0.3) is 0 Å². The number of hydrogen-bond donors (Lipinski definition) is 2. The summed E-state index contributed by atoms with van der Waals surface area (Å²) in [6.45, 7) is 0.0391. The SMILES string of the molecule is N#Cc1ccc(NCc2occc2C(=O)O)c(F)c1. The zero-order valence-electron chi connectivity index (χ0n) is 9.68. The third-order valence-corrected chi connectivity index (χ3v) is 2.51. The van der Waals surface area contributed by atoms with Crippen molar-refractivity contribution in [3.63, 3.8) is 0 Å². The maximum Gasteiger partial charge on any atom is 0.339 e. The lowest BCUT2D eigenvalue weighted by molar-refractivity contribution is 0.0694. The van der Waals surface area contributed by atoms with E-state index >= 15 is 0 Å². The molecular formula is C13H9FN2O3. The number of hydrogen-bond acceptors (Lipinski definition) is 4. The normalized spacial score (nSPS) is 9.89. The molecule has 0 fully saturated rings. The van der Waals surface area contributed by atoms with Crippen LogP contribution in [0.25, 0.3) is 0 Å². The van der Waals surface area contributed by atoms with Gasteiger partial charge in [0.15, 0.2) is 0 Å². The first-order valence-electron chi connectivity index (χ1n) is 5.35. The van der Waals surface area contributed by atoms with Crippen LogP contribution in [0.15, 0.2) is 34.9 Å². The Balaban J connectivity index is 2.13. The van der Waals surface area contributed by atoms with E-state index in [1.807, 2.05) is 6.07 Å². The smallest absolute Gasteiger partial charge is 0.339 e. The standard InChI is InChI=1S/C13H9FN2O3/c14-10-5-8(6-15)1-2-11(10)16-7-12-9(13(17)18)3-4-19-12/h1-5,16H,7H2,(H,17,18). The van der Waals surface area contributed by atoms with Crippen molar-refractivity contribution in [2.45, 2.75) is 6.54 Å². The van der Waals surface area contributed by atoms with Gasteiger partial charge in [-0.15, -0.1) is 0 Å². The highest BCUT2D eigenvalue weighted by atomic mass is 19.1. The van der Waals surface area contributed by atoms with Crippen LogP contribution < -0.4 is 5.32 Å². The maximum atomic E-state index is 13.6. The van der Waals surface area contributed by atoms with Gasteiger partial charge in [-0.2, -0.15) is 5.26 Å². The maximum absolute atomic E-state index is 13.6. The number of aromatic carboxylic acids is 1. The van der Waals surface area contributed by atoms with Crippen LogP contribution >= 0.6 is 0 Å². The highest BCUT2D eigenvalue weighted by Gasteiger charge is 2.13. The lowest BCUT2D eigenvalue weighted by Crippen LogP contribution is -2.05. The van der Waals surface area contributed by atoms with Gasteiger partial charge < -0.3 is 14.8 Å². The Morgan fingerprint density at radius 3 is 2.89 bits per heavy atom. The fourth-order valence-electron chi connectivity index (χ4n) is 1.57. The van der Waals surface area contributed by atoms with Crippen molar-refractivity contribution >= 4 is 11.7 Å². The average Bonchev–Trinajstić information content (AvgIpc) is 2.85. The van der Waals surface area contributed by atoms with Crippen molar-refractivity contribution in [3.05, 3.63) is 53.2 Å². The molecule has 0 aliphatic rings. The molecule has 19 heavy (non-hydrogen) atoms. The van der Waals surface area contributed by atoms with Gasteiger partial charge in [-0.05, 0) is 24.3 Å². The summed E-state index contributed by atoms with van der Waals surface area (Å²) >= 11 is 0. The summed E-state index contributed by atoms with van der Waals surface area (Å²) in [5, 5.41) is 20.2. The largest absolute Gasteiger partial charge is 0.478 e. The van der Waals surface area contributed by atoms with E-state index in [9.17, 15) is 9.18 Å². The number of halogens is 1. The second-order valence-electron chi connectivity index (χ2n) is 3.72. The van der Waals surface area contributed by atoms with Crippen molar-refractivity contribution < 1.29 is 18.7 Å². The van der Waals surface area contributed by atoms with E-state index in [0.717, 1.165) is 6.07 Å². The van der Waals surface area contributed by atoms with E-state index in [2.05, 4.69) is 5.32 Å². The molecular weight excluding hydrogens is 251 g/mol. The minimum atomic E-state index is -1.11. The molecule has 5 nitrogen and oxygen atoms in total. The van der Waals surface area contributed by atoms with E-state index in [1.54, 1.807) is 0 Å². The number of furan rings is 1. The number of nitrogens with one attached hydrogen (secondary N) is 1. The molecule has 0 atom stereocenters. The van der Waals surface area contributed by atoms with E-state index < -0.39 is 11.8 Å². The van der Waals surface area contributed by atoms with Gasteiger partial charge in [-0.25, -0.2) is 9.18 Å². The molecule has 0 radical (unpaired) electrons. The van der Waals surface area contributed by atoms with Crippen LogP contribution in [0.1, 0.15) is 21.7 Å². The Hall–Kier alpha value is -2.81. The zero-order valence-corrected chi connectivity index (χ0v) is 9.68. The topological polar surface area (TPSA) is 86.3 Å². The van der Waals surface area contributed by atoms with Gasteiger partial charge in [-0.1, -0.05) is 0 Å². The lowest BCUT2D eigenvalue weighted by Gasteiger charge is -2.06. The lowest BCUT2D eigenvalue weighted by atomic mass is 10.2. The minimum Gasteiger partial charge on any atom is -0.478 e. The number of benzene rings is 1. The molecule has 0 bridgehead atoms. The molecule has 0 spiro atoms. The third-order valence-electron chi connectivity index (χ3n) is 2.51. The number of nitriles is 1.